The van der Waals surface area contributed by atoms with Gasteiger partial charge in [0.2, 0.25) is 0 Å². The Balaban J connectivity index is 0.000000530. The van der Waals surface area contributed by atoms with Crippen LogP contribution >= 0.6 is 0 Å². The van der Waals surface area contributed by atoms with Crippen LogP contribution in [0.3, 0.4) is 0 Å². The fraction of sp³-hybridized carbons (Fsp3) is 0.217. The summed E-state index contributed by atoms with van der Waals surface area (Å²) in [5, 5.41) is 6.98. The lowest BCUT2D eigenvalue weighted by Crippen LogP contribution is -1.99. The van der Waals surface area contributed by atoms with Crippen LogP contribution in [0.15, 0.2) is 61.2 Å². The van der Waals surface area contributed by atoms with Gasteiger partial charge in [-0.2, -0.15) is 0 Å². The van der Waals surface area contributed by atoms with Crippen LogP contribution < -0.4 is 11.5 Å². The van der Waals surface area contributed by atoms with Crippen molar-refractivity contribution in [1.82, 2.24) is 15.0 Å². The first-order valence-corrected chi connectivity index (χ1v) is 9.51. The second-order valence-corrected chi connectivity index (χ2v) is 5.88. The lowest BCUT2D eigenvalue weighted by Gasteiger charge is -2.07. The van der Waals surface area contributed by atoms with Crippen molar-refractivity contribution in [2.75, 3.05) is 0 Å². The molecule has 0 aliphatic heterocycles. The number of nitrogens with one attached hydrogen (secondary N) is 1. The lowest BCUT2D eigenvalue weighted by molar-refractivity contribution is 1.04. The number of nitrogens with two attached hydrogens (primary N) is 2. The fourth-order valence-electron chi connectivity index (χ4n) is 2.48. The Bertz CT molecular complexity index is 926. The molecule has 6 nitrogen and oxygen atoms in total. The molecular formula is C23H32N6. The van der Waals surface area contributed by atoms with Crippen LogP contribution in [0.4, 0.5) is 0 Å². The van der Waals surface area contributed by atoms with Crippen molar-refractivity contribution in [3.63, 3.8) is 0 Å². The zero-order valence-corrected chi connectivity index (χ0v) is 17.6. The second-order valence-electron chi connectivity index (χ2n) is 5.88. The summed E-state index contributed by atoms with van der Waals surface area (Å²) >= 11 is 0. The maximum atomic E-state index is 6.98. The first kappa shape index (κ1) is 23.7. The molecular weight excluding hydrogens is 360 g/mol. The highest BCUT2D eigenvalue weighted by atomic mass is 14.7. The number of aryl methyl sites for hydroxylation is 2. The highest BCUT2D eigenvalue weighted by molar-refractivity contribution is 6.07. The van der Waals surface area contributed by atoms with Crippen molar-refractivity contribution in [2.24, 2.45) is 11.5 Å². The van der Waals surface area contributed by atoms with Crippen molar-refractivity contribution in [1.29, 1.82) is 5.41 Å². The molecule has 0 fully saturated rings. The predicted molar refractivity (Wildman–Crippen MR) is 123 cm³/mol. The van der Waals surface area contributed by atoms with Crippen LogP contribution in [0.1, 0.15) is 37.8 Å². The monoisotopic (exact) mass is 392 g/mol. The lowest BCUT2D eigenvalue weighted by atomic mass is 10.1. The average molecular weight is 393 g/mol. The third kappa shape index (κ3) is 7.27. The van der Waals surface area contributed by atoms with Gasteiger partial charge in [0, 0.05) is 55.8 Å². The van der Waals surface area contributed by atoms with Gasteiger partial charge in [-0.15, -0.1) is 0 Å². The van der Waals surface area contributed by atoms with Crippen LogP contribution in [0.5, 0.6) is 0 Å². The van der Waals surface area contributed by atoms with Crippen LogP contribution in [-0.2, 0) is 6.54 Å². The van der Waals surface area contributed by atoms with Gasteiger partial charge in [0.25, 0.3) is 0 Å². The molecule has 0 saturated carbocycles. The molecule has 5 N–H and O–H groups in total. The fourth-order valence-corrected chi connectivity index (χ4v) is 2.48. The Morgan fingerprint density at radius 3 is 2.34 bits per heavy atom. The van der Waals surface area contributed by atoms with E-state index < -0.39 is 0 Å². The third-order valence-corrected chi connectivity index (χ3v) is 3.84. The second kappa shape index (κ2) is 12.9. The summed E-state index contributed by atoms with van der Waals surface area (Å²) in [4.78, 5) is 12.7. The molecule has 0 bridgehead atoms. The molecule has 0 unspecified atom stereocenters. The number of nitrogens with zero attached hydrogens (tertiary/aromatic N) is 3. The number of aromatic nitrogens is 3. The van der Waals surface area contributed by atoms with Gasteiger partial charge in [0.1, 0.15) is 0 Å². The molecule has 0 spiro atoms. The van der Waals surface area contributed by atoms with Crippen molar-refractivity contribution >= 4 is 11.8 Å². The maximum Gasteiger partial charge on any atom is 0.0732 e. The first-order chi connectivity index (χ1) is 14.1. The summed E-state index contributed by atoms with van der Waals surface area (Å²) in [6.07, 6.45) is 7.86. The molecule has 0 aliphatic carbocycles. The molecule has 0 saturated heterocycles. The Labute approximate surface area is 174 Å². The van der Waals surface area contributed by atoms with E-state index in [1.54, 1.807) is 6.20 Å². The van der Waals surface area contributed by atoms with Crippen LogP contribution in [0, 0.1) is 19.3 Å². The number of allylic oxidation sites excluding steroid dienone is 1. The van der Waals surface area contributed by atoms with Gasteiger partial charge >= 0.3 is 0 Å². The summed E-state index contributed by atoms with van der Waals surface area (Å²) in [6, 6.07) is 11.6. The maximum absolute atomic E-state index is 6.98. The topological polar surface area (TPSA) is 115 Å². The summed E-state index contributed by atoms with van der Waals surface area (Å²) in [5.74, 6) is 0. The van der Waals surface area contributed by atoms with Gasteiger partial charge in [-0.25, -0.2) is 0 Å². The van der Waals surface area contributed by atoms with E-state index in [9.17, 15) is 0 Å². The van der Waals surface area contributed by atoms with E-state index in [0.717, 1.165) is 33.8 Å². The molecule has 3 aromatic heterocycles. The van der Waals surface area contributed by atoms with Crippen LogP contribution in [0.25, 0.3) is 16.8 Å². The molecule has 0 aromatic carbocycles. The van der Waals surface area contributed by atoms with Gasteiger partial charge < -0.3 is 16.9 Å². The molecule has 3 aromatic rings. The Morgan fingerprint density at radius 2 is 1.83 bits per heavy atom. The minimum Gasteiger partial charge on any atom is -0.404 e. The number of hydrogen-bond acceptors (Lipinski definition) is 6. The van der Waals surface area contributed by atoms with Gasteiger partial charge in [0.05, 0.1) is 11.4 Å². The van der Waals surface area contributed by atoms with Gasteiger partial charge in [-0.05, 0) is 49.2 Å². The van der Waals surface area contributed by atoms with Crippen molar-refractivity contribution in [3.8, 4) is 11.3 Å². The Kier molecular flexibility index (Phi) is 10.5. The zero-order valence-electron chi connectivity index (χ0n) is 17.6. The normalized spacial score (nSPS) is 10.2. The molecule has 0 atom stereocenters. The molecule has 3 rings (SSSR count). The minimum atomic E-state index is 0. The smallest absolute Gasteiger partial charge is 0.0732 e. The molecule has 154 valence electrons. The number of pyridine rings is 3. The highest BCUT2D eigenvalue weighted by Crippen LogP contribution is 2.21. The van der Waals surface area contributed by atoms with E-state index in [4.69, 9.17) is 16.9 Å². The largest absolute Gasteiger partial charge is 0.404 e. The van der Waals surface area contributed by atoms with Crippen molar-refractivity contribution in [2.45, 2.75) is 34.2 Å². The van der Waals surface area contributed by atoms with Gasteiger partial charge in [-0.3, -0.25) is 15.0 Å². The number of rotatable bonds is 4. The van der Waals surface area contributed by atoms with E-state index in [0.29, 0.717) is 12.1 Å². The van der Waals surface area contributed by atoms with E-state index in [1.807, 2.05) is 63.5 Å². The first-order valence-electron chi connectivity index (χ1n) is 9.51. The zero-order chi connectivity index (χ0) is 21.6. The Morgan fingerprint density at radius 1 is 1.07 bits per heavy atom. The van der Waals surface area contributed by atoms with Crippen molar-refractivity contribution in [3.05, 3.63) is 83.7 Å². The summed E-state index contributed by atoms with van der Waals surface area (Å²) in [7, 11) is 0. The molecule has 29 heavy (non-hydrogen) atoms. The minimum absolute atomic E-state index is 0. The standard InChI is InChI=1S/C13H15N3.C8H9N3.C2H6.H2/c1-9-5-11(7-14)8-16-13(9)12-3-4-15-10(2)6-12;9-5-7(6-10)8-3-1-2-4-11-8;1-2;/h3-6,8H,7,14H2,1-2H3;1-6,9H,10H2;1-2H3;1H/b;7-6+,9-5?;;. The number of hydrogen-bond donors (Lipinski definition) is 3. The van der Waals surface area contributed by atoms with Gasteiger partial charge in [-0.1, -0.05) is 26.0 Å². The van der Waals surface area contributed by atoms with E-state index in [-0.39, 0.29) is 1.43 Å². The average Bonchev–Trinajstić information content (AvgIpc) is 2.77. The van der Waals surface area contributed by atoms with E-state index in [2.05, 4.69) is 27.9 Å². The quantitative estimate of drug-likeness (QED) is 0.565. The van der Waals surface area contributed by atoms with E-state index in [1.165, 1.54) is 12.4 Å². The van der Waals surface area contributed by atoms with Gasteiger partial charge in [0.15, 0.2) is 0 Å². The van der Waals surface area contributed by atoms with Crippen LogP contribution in [0.2, 0.25) is 0 Å². The molecule has 6 heteroatoms. The SMILES string of the molecule is CC.Cc1cc(-c2ncc(CN)cc2C)ccn1.N=C/C(=C\N)c1ccccn1.[HH]. The molecule has 0 amide bonds. The van der Waals surface area contributed by atoms with Crippen molar-refractivity contribution < 1.29 is 1.43 Å². The third-order valence-electron chi connectivity index (χ3n) is 3.84. The summed E-state index contributed by atoms with van der Waals surface area (Å²) in [6.45, 7) is 8.56. The highest BCUT2D eigenvalue weighted by Gasteiger charge is 2.04. The van der Waals surface area contributed by atoms with Crippen LogP contribution in [-0.4, -0.2) is 21.2 Å². The Hall–Kier alpha value is -3.38. The molecule has 0 aliphatic rings. The molecule has 0 radical (unpaired) electrons. The summed E-state index contributed by atoms with van der Waals surface area (Å²) < 4.78 is 0. The van der Waals surface area contributed by atoms with E-state index >= 15 is 0 Å². The summed E-state index contributed by atoms with van der Waals surface area (Å²) in [5.41, 5.74) is 17.5. The molecule has 3 heterocycles. The predicted octanol–water partition coefficient (Wildman–Crippen LogP) is 4.52.